The number of fused-ring (bicyclic) bond motifs is 3. The Morgan fingerprint density at radius 2 is 2.03 bits per heavy atom. The first-order valence-electron chi connectivity index (χ1n) is 13.5. The molecule has 8 heteroatoms. The first-order chi connectivity index (χ1) is 18.4. The average Bonchev–Trinajstić information content (AvgIpc) is 2.88. The zero-order valence-electron chi connectivity index (χ0n) is 21.7. The molecular formula is C30H35ClN2O4S. The zero-order chi connectivity index (χ0) is 26.6. The normalized spacial score (nSPS) is 28.6. The Labute approximate surface area is 231 Å². The Hall–Kier alpha value is -2.53. The lowest BCUT2D eigenvalue weighted by Gasteiger charge is -2.42. The number of rotatable bonds is 0. The van der Waals surface area contributed by atoms with E-state index < -0.39 is 22.6 Å². The maximum absolute atomic E-state index is 13.1. The zero-order valence-corrected chi connectivity index (χ0v) is 23.4. The Kier molecular flexibility index (Phi) is 8.62. The second kappa shape index (κ2) is 12.1. The van der Waals surface area contributed by atoms with E-state index in [1.165, 1.54) is 11.1 Å². The monoisotopic (exact) mass is 554 g/mol. The Balaban J connectivity index is 1.60. The number of carbonyl (C=O) groups is 1. The van der Waals surface area contributed by atoms with Gasteiger partial charge < -0.3 is 14.7 Å². The van der Waals surface area contributed by atoms with Crippen LogP contribution in [0.25, 0.3) is 0 Å². The summed E-state index contributed by atoms with van der Waals surface area (Å²) in [6.07, 6.45) is 4.57. The molecule has 1 aliphatic carbocycles. The Bertz CT molecular complexity index is 1340. The number of amides is 1. The third-order valence-electron chi connectivity index (χ3n) is 7.88. The number of hydrogen-bond donors (Lipinski definition) is 2. The molecule has 1 saturated carbocycles. The summed E-state index contributed by atoms with van der Waals surface area (Å²) in [5.74, 6) is 7.04. The highest BCUT2D eigenvalue weighted by Gasteiger charge is 2.37. The van der Waals surface area contributed by atoms with Crippen LogP contribution < -0.4 is 9.64 Å². The summed E-state index contributed by atoms with van der Waals surface area (Å²) in [7, 11) is -2.05. The van der Waals surface area contributed by atoms with Crippen LogP contribution >= 0.6 is 11.6 Å². The van der Waals surface area contributed by atoms with Crippen molar-refractivity contribution in [1.29, 1.82) is 0 Å². The fraction of sp³-hybridized carbons (Fsp3) is 0.500. The van der Waals surface area contributed by atoms with E-state index in [-0.39, 0.29) is 23.5 Å². The summed E-state index contributed by atoms with van der Waals surface area (Å²) >= 11 is 6.36. The predicted molar refractivity (Wildman–Crippen MR) is 152 cm³/mol. The van der Waals surface area contributed by atoms with Crippen molar-refractivity contribution in [2.24, 2.45) is 22.1 Å². The minimum Gasteiger partial charge on any atom is -0.491 e. The van der Waals surface area contributed by atoms with Crippen LogP contribution in [0.5, 0.6) is 5.75 Å². The third kappa shape index (κ3) is 6.36. The van der Waals surface area contributed by atoms with Gasteiger partial charge in [0.15, 0.2) is 0 Å². The smallest absolute Gasteiger partial charge is 0.284 e. The molecule has 1 unspecified atom stereocenters. The van der Waals surface area contributed by atoms with Gasteiger partial charge in [0.1, 0.15) is 11.9 Å². The van der Waals surface area contributed by atoms with Crippen molar-refractivity contribution in [3.05, 3.63) is 58.1 Å². The molecule has 5 rings (SSSR count). The molecule has 2 aliphatic heterocycles. The number of thiol groups is 1. The van der Waals surface area contributed by atoms with E-state index in [0.29, 0.717) is 37.4 Å². The number of hydrogen-bond acceptors (Lipinski definition) is 5. The minimum absolute atomic E-state index is 0.0184. The fourth-order valence-corrected chi connectivity index (χ4v) is 6.81. The number of aliphatic hydroxyl groups is 1. The van der Waals surface area contributed by atoms with Gasteiger partial charge >= 0.3 is 0 Å². The van der Waals surface area contributed by atoms with Gasteiger partial charge in [-0.3, -0.25) is 9.00 Å². The van der Waals surface area contributed by atoms with E-state index >= 15 is 0 Å². The molecule has 2 bridgehead atoms. The first-order valence-corrected chi connectivity index (χ1v) is 15.3. The Morgan fingerprint density at radius 3 is 2.84 bits per heavy atom. The second-order valence-electron chi connectivity index (χ2n) is 10.8. The number of ether oxygens (including phenoxy) is 1. The van der Waals surface area contributed by atoms with Crippen LogP contribution in [0.1, 0.15) is 60.5 Å². The van der Waals surface area contributed by atoms with Gasteiger partial charge in [0.25, 0.3) is 5.91 Å². The number of benzene rings is 2. The Morgan fingerprint density at radius 1 is 1.16 bits per heavy atom. The summed E-state index contributed by atoms with van der Waals surface area (Å²) in [5, 5.41) is 11.6. The van der Waals surface area contributed by atoms with Gasteiger partial charge in [0.05, 0.1) is 12.3 Å². The summed E-state index contributed by atoms with van der Waals surface area (Å²) < 4.78 is 22.9. The molecule has 38 heavy (non-hydrogen) atoms. The van der Waals surface area contributed by atoms with Crippen LogP contribution in [-0.2, 0) is 23.6 Å². The number of anilines is 1. The van der Waals surface area contributed by atoms with E-state index in [9.17, 15) is 14.1 Å². The first kappa shape index (κ1) is 27.1. The average molecular weight is 555 g/mol. The quantitative estimate of drug-likeness (QED) is 0.341. The van der Waals surface area contributed by atoms with E-state index in [1.807, 2.05) is 25.1 Å². The molecule has 2 aromatic carbocycles. The lowest BCUT2D eigenvalue weighted by Crippen LogP contribution is -2.43. The summed E-state index contributed by atoms with van der Waals surface area (Å²) in [6, 6.07) is 11.4. The molecule has 5 atom stereocenters. The van der Waals surface area contributed by atoms with E-state index in [1.54, 1.807) is 6.07 Å². The SMILES string of the molecule is C[C@H]1CC#C[C@H](O)[C@@H]2CC[C@H]2CN2Cc3ccc(Cl)cc3CCCCOc3ccc(cc32)C(=O)/N=[SH](=O)/C1. The van der Waals surface area contributed by atoms with Gasteiger partial charge in [-0.05, 0) is 85.4 Å². The molecule has 6 nitrogen and oxygen atoms in total. The van der Waals surface area contributed by atoms with E-state index in [2.05, 4.69) is 33.2 Å². The molecule has 0 aromatic heterocycles. The summed E-state index contributed by atoms with van der Waals surface area (Å²) in [6.45, 7) is 3.83. The highest BCUT2D eigenvalue weighted by molar-refractivity contribution is 7.75. The number of nitrogens with zero attached hydrogens (tertiary/aromatic N) is 2. The third-order valence-corrected chi connectivity index (χ3v) is 9.46. The van der Waals surface area contributed by atoms with Gasteiger partial charge in [-0.1, -0.05) is 30.5 Å². The van der Waals surface area contributed by atoms with Crippen molar-refractivity contribution in [2.75, 3.05) is 23.8 Å². The highest BCUT2D eigenvalue weighted by Crippen LogP contribution is 2.41. The van der Waals surface area contributed by atoms with Crippen molar-refractivity contribution in [3.63, 3.8) is 0 Å². The molecule has 2 aromatic rings. The molecular weight excluding hydrogens is 520 g/mol. The predicted octanol–water partition coefficient (Wildman–Crippen LogP) is 5.30. The van der Waals surface area contributed by atoms with Crippen molar-refractivity contribution in [1.82, 2.24) is 0 Å². The number of carbonyl (C=O) groups excluding carboxylic acids is 1. The van der Waals surface area contributed by atoms with Crippen LogP contribution in [-0.4, -0.2) is 40.2 Å². The van der Waals surface area contributed by atoms with E-state index in [0.717, 1.165) is 42.8 Å². The minimum atomic E-state index is -2.05. The molecule has 3 aliphatic rings. The maximum Gasteiger partial charge on any atom is 0.284 e. The molecule has 0 radical (unpaired) electrons. The molecule has 0 saturated heterocycles. The molecule has 1 N–H and O–H groups in total. The maximum atomic E-state index is 13.1. The molecule has 1 amide bonds. The number of aryl methyl sites for hydroxylation is 1. The standard InChI is InChI=1S/C30H35ClN2O4S/c1-20-5-4-7-28(34)26-12-9-24(26)18-33-17-23-8-11-25(31)15-21(23)6-2-3-14-37-29-13-10-22(16-27(29)33)30(35)32-38(36)19-20/h8,10-11,13,15-16,20,24,26,28,34,38H,2-3,5-6,9,12,14,17-19H2,1H3/t20-,24-,26+,28-/m0/s1. The van der Waals surface area contributed by atoms with Crippen molar-refractivity contribution < 1.29 is 18.8 Å². The topological polar surface area (TPSA) is 79.2 Å². The second-order valence-corrected chi connectivity index (χ2v) is 12.5. The molecule has 202 valence electrons. The summed E-state index contributed by atoms with van der Waals surface area (Å²) in [5.41, 5.74) is 3.62. The molecule has 2 heterocycles. The molecule has 1 fully saturated rings. The fourth-order valence-electron chi connectivity index (χ4n) is 5.55. The highest BCUT2D eigenvalue weighted by atomic mass is 35.5. The van der Waals surface area contributed by atoms with Crippen LogP contribution in [0.4, 0.5) is 5.69 Å². The van der Waals surface area contributed by atoms with Gasteiger partial charge in [-0.2, -0.15) is 4.36 Å². The van der Waals surface area contributed by atoms with Crippen LogP contribution in [0.15, 0.2) is 40.8 Å². The van der Waals surface area contributed by atoms with Crippen molar-refractivity contribution in [3.8, 4) is 17.6 Å². The molecule has 0 spiro atoms. The number of halogens is 1. The largest absolute Gasteiger partial charge is 0.491 e. The summed E-state index contributed by atoms with van der Waals surface area (Å²) in [4.78, 5) is 15.3. The van der Waals surface area contributed by atoms with Gasteiger partial charge in [0.2, 0.25) is 0 Å². The van der Waals surface area contributed by atoms with E-state index in [4.69, 9.17) is 16.3 Å². The van der Waals surface area contributed by atoms with Crippen LogP contribution in [0, 0.1) is 29.6 Å². The van der Waals surface area contributed by atoms with Crippen LogP contribution in [0.2, 0.25) is 5.02 Å². The lowest BCUT2D eigenvalue weighted by atomic mass is 9.70. The van der Waals surface area contributed by atoms with Crippen molar-refractivity contribution in [2.45, 2.75) is 58.1 Å². The van der Waals surface area contributed by atoms with Gasteiger partial charge in [0, 0.05) is 52.4 Å². The van der Waals surface area contributed by atoms with Crippen LogP contribution in [0.3, 0.4) is 0 Å². The van der Waals surface area contributed by atoms with Gasteiger partial charge in [-0.25, -0.2) is 0 Å². The lowest BCUT2D eigenvalue weighted by molar-refractivity contribution is 0.0519. The van der Waals surface area contributed by atoms with Gasteiger partial charge in [-0.15, -0.1) is 5.92 Å². The van der Waals surface area contributed by atoms with Crippen molar-refractivity contribution >= 4 is 33.8 Å². The number of aliphatic hydroxyl groups excluding tert-OH is 1.